The highest BCUT2D eigenvalue weighted by atomic mass is 19.4. The van der Waals surface area contributed by atoms with Crippen LogP contribution >= 0.6 is 0 Å². The van der Waals surface area contributed by atoms with Gasteiger partial charge in [0.15, 0.2) is 6.29 Å². The van der Waals surface area contributed by atoms with Crippen LogP contribution in [0.3, 0.4) is 0 Å². The number of allylic oxidation sites excluding steroid dienone is 2. The van der Waals surface area contributed by atoms with Crippen LogP contribution in [0.25, 0.3) is 0 Å². The lowest BCUT2D eigenvalue weighted by atomic mass is 9.73. The zero-order chi connectivity index (χ0) is 16.5. The highest BCUT2D eigenvalue weighted by Crippen LogP contribution is 2.44. The topological polar surface area (TPSA) is 46.5 Å². The van der Waals surface area contributed by atoms with Crippen molar-refractivity contribution in [2.75, 3.05) is 7.11 Å². The maximum atomic E-state index is 13.8. The van der Waals surface area contributed by atoms with Gasteiger partial charge in [-0.15, -0.1) is 0 Å². The molecule has 2 unspecified atom stereocenters. The number of hydrogen-bond donors (Lipinski definition) is 1. The van der Waals surface area contributed by atoms with E-state index >= 15 is 0 Å². The van der Waals surface area contributed by atoms with Crippen LogP contribution in [-0.2, 0) is 9.53 Å². The number of rotatable bonds is 5. The van der Waals surface area contributed by atoms with Crippen LogP contribution in [0.5, 0.6) is 0 Å². The summed E-state index contributed by atoms with van der Waals surface area (Å²) in [5.74, 6) is -1.98. The van der Waals surface area contributed by atoms with Gasteiger partial charge in [0.25, 0.3) is 0 Å². The summed E-state index contributed by atoms with van der Waals surface area (Å²) < 4.78 is 56.8. The smallest absolute Gasteiger partial charge is 0.374 e. The lowest BCUT2D eigenvalue weighted by Gasteiger charge is -2.36. The molecule has 3 nitrogen and oxygen atoms in total. The molecule has 0 saturated carbocycles. The monoisotopic (exact) mass is 310 g/mol. The molecule has 0 aromatic heterocycles. The van der Waals surface area contributed by atoms with Gasteiger partial charge in [-0.1, -0.05) is 26.0 Å². The van der Waals surface area contributed by atoms with Crippen LogP contribution in [0.15, 0.2) is 23.8 Å². The lowest BCUT2D eigenvalue weighted by Crippen LogP contribution is -2.50. The fourth-order valence-electron chi connectivity index (χ4n) is 2.24. The van der Waals surface area contributed by atoms with Gasteiger partial charge >= 0.3 is 6.18 Å². The average molecular weight is 310 g/mol. The third kappa shape index (κ3) is 3.71. The van der Waals surface area contributed by atoms with E-state index in [1.165, 1.54) is 33.1 Å². The number of ether oxygens (including phenoxy) is 1. The molecule has 0 spiro atoms. The summed E-state index contributed by atoms with van der Waals surface area (Å²) in [6, 6.07) is 0. The quantitative estimate of drug-likeness (QED) is 0.627. The first-order valence-electron chi connectivity index (χ1n) is 6.28. The van der Waals surface area contributed by atoms with E-state index in [0.29, 0.717) is 5.57 Å². The summed E-state index contributed by atoms with van der Waals surface area (Å²) in [4.78, 5) is 10.7. The van der Waals surface area contributed by atoms with E-state index in [2.05, 4.69) is 4.74 Å². The van der Waals surface area contributed by atoms with Crippen molar-refractivity contribution in [3.05, 3.63) is 23.8 Å². The largest absolute Gasteiger partial charge is 0.424 e. The number of alkyl halides is 4. The second-order valence-corrected chi connectivity index (χ2v) is 5.79. The van der Waals surface area contributed by atoms with Crippen molar-refractivity contribution in [2.24, 2.45) is 5.41 Å². The highest BCUT2D eigenvalue weighted by Gasteiger charge is 2.56. The van der Waals surface area contributed by atoms with E-state index < -0.39 is 35.8 Å². The Morgan fingerprint density at radius 1 is 1.43 bits per heavy atom. The molecule has 1 aliphatic rings. The molecule has 0 fully saturated rings. The van der Waals surface area contributed by atoms with Gasteiger partial charge in [0.05, 0.1) is 0 Å². The molecule has 0 amide bonds. The van der Waals surface area contributed by atoms with Crippen molar-refractivity contribution < 1.29 is 32.2 Å². The Morgan fingerprint density at radius 2 is 2.00 bits per heavy atom. The van der Waals surface area contributed by atoms with Crippen LogP contribution in [0, 0.1) is 5.41 Å². The van der Waals surface area contributed by atoms with Gasteiger partial charge in [-0.3, -0.25) is 4.79 Å². The predicted octanol–water partition coefficient (Wildman–Crippen LogP) is 3.09. The molecule has 120 valence electrons. The Hall–Kier alpha value is -1.21. The van der Waals surface area contributed by atoms with Gasteiger partial charge < -0.3 is 9.84 Å². The van der Waals surface area contributed by atoms with Crippen LogP contribution in [0.2, 0.25) is 0 Å². The fourth-order valence-corrected chi connectivity index (χ4v) is 2.24. The molecule has 0 aromatic carbocycles. The Balaban J connectivity index is 2.99. The Bertz CT molecular complexity index is 467. The molecule has 1 aliphatic carbocycles. The zero-order valence-corrected chi connectivity index (χ0v) is 12.0. The summed E-state index contributed by atoms with van der Waals surface area (Å²) in [7, 11) is 1.18. The second-order valence-electron chi connectivity index (χ2n) is 5.79. The van der Waals surface area contributed by atoms with Crippen molar-refractivity contribution in [2.45, 2.75) is 44.3 Å². The van der Waals surface area contributed by atoms with Gasteiger partial charge in [-0.2, -0.15) is 13.2 Å². The minimum atomic E-state index is -5.07. The van der Waals surface area contributed by atoms with E-state index in [1.807, 2.05) is 0 Å². The normalized spacial score (nSPS) is 26.2. The number of hydrogen-bond acceptors (Lipinski definition) is 3. The summed E-state index contributed by atoms with van der Waals surface area (Å²) >= 11 is 0. The molecule has 1 N–H and O–H groups in total. The van der Waals surface area contributed by atoms with Crippen molar-refractivity contribution >= 4 is 6.29 Å². The SMILES string of the molecule is COC1(F)C=CC(C(C)(C)CC(O)(C=O)C(F)(F)F)=CC1. The van der Waals surface area contributed by atoms with Gasteiger partial charge in [-0.25, -0.2) is 4.39 Å². The molecular formula is C14H18F4O3. The molecule has 1 rings (SSSR count). The number of aliphatic hydroxyl groups is 1. The Labute approximate surface area is 120 Å². The molecule has 0 aromatic rings. The van der Waals surface area contributed by atoms with Crippen molar-refractivity contribution in [3.8, 4) is 0 Å². The van der Waals surface area contributed by atoms with E-state index in [9.17, 15) is 27.5 Å². The molecule has 0 heterocycles. The highest BCUT2D eigenvalue weighted by molar-refractivity contribution is 5.64. The minimum Gasteiger partial charge on any atom is -0.374 e. The minimum absolute atomic E-state index is 0.149. The summed E-state index contributed by atoms with van der Waals surface area (Å²) in [6.07, 6.45) is -2.74. The predicted molar refractivity (Wildman–Crippen MR) is 68.2 cm³/mol. The van der Waals surface area contributed by atoms with Crippen molar-refractivity contribution in [1.29, 1.82) is 0 Å². The van der Waals surface area contributed by atoms with Crippen LogP contribution in [0.4, 0.5) is 17.6 Å². The molecule has 0 bridgehead atoms. The molecule has 7 heteroatoms. The summed E-state index contributed by atoms with van der Waals surface area (Å²) in [5, 5.41) is 9.53. The number of carbonyl (C=O) groups excluding carboxylic acids is 1. The molecule has 0 radical (unpaired) electrons. The van der Waals surface area contributed by atoms with Crippen LogP contribution in [0.1, 0.15) is 26.7 Å². The molecule has 21 heavy (non-hydrogen) atoms. The third-order valence-electron chi connectivity index (χ3n) is 3.63. The molecule has 0 aliphatic heterocycles. The van der Waals surface area contributed by atoms with Crippen molar-refractivity contribution in [3.63, 3.8) is 0 Å². The molecule has 0 saturated heterocycles. The first kappa shape index (κ1) is 17.8. The average Bonchev–Trinajstić information content (AvgIpc) is 2.37. The zero-order valence-electron chi connectivity index (χ0n) is 12.0. The maximum Gasteiger partial charge on any atom is 0.424 e. The van der Waals surface area contributed by atoms with E-state index in [-0.39, 0.29) is 6.42 Å². The van der Waals surface area contributed by atoms with E-state index in [1.54, 1.807) is 0 Å². The van der Waals surface area contributed by atoms with Crippen molar-refractivity contribution in [1.82, 2.24) is 0 Å². The third-order valence-corrected chi connectivity index (χ3v) is 3.63. The number of carbonyl (C=O) groups is 1. The standard InChI is InChI=1S/C14H18F4O3/c1-11(2,8-12(20,9-19)14(16,17)18)10-4-6-13(15,21-3)7-5-10/h4-6,9,20H,7-8H2,1-3H3. The summed E-state index contributed by atoms with van der Waals surface area (Å²) in [6.45, 7) is 2.89. The van der Waals surface area contributed by atoms with E-state index in [0.717, 1.165) is 6.08 Å². The Kier molecular flexibility index (Phi) is 4.70. The van der Waals surface area contributed by atoms with E-state index in [4.69, 9.17) is 0 Å². The Morgan fingerprint density at radius 3 is 2.33 bits per heavy atom. The fraction of sp³-hybridized carbons (Fsp3) is 0.643. The van der Waals surface area contributed by atoms with Gasteiger partial charge in [-0.05, 0) is 17.1 Å². The van der Waals surface area contributed by atoms with Crippen LogP contribution < -0.4 is 0 Å². The lowest BCUT2D eigenvalue weighted by molar-refractivity contribution is -0.251. The first-order chi connectivity index (χ1) is 9.39. The van der Waals surface area contributed by atoms with Gasteiger partial charge in [0.2, 0.25) is 11.5 Å². The number of methoxy groups -OCH3 is 1. The second kappa shape index (κ2) is 5.53. The molecular weight excluding hydrogens is 292 g/mol. The number of halogens is 4. The van der Waals surface area contributed by atoms with Crippen LogP contribution in [-0.4, -0.2) is 36.1 Å². The maximum absolute atomic E-state index is 13.8. The molecule has 2 atom stereocenters. The first-order valence-corrected chi connectivity index (χ1v) is 6.28. The summed E-state index contributed by atoms with van der Waals surface area (Å²) in [5.41, 5.74) is -4.20. The van der Waals surface area contributed by atoms with Gasteiger partial charge in [0.1, 0.15) is 0 Å². The van der Waals surface area contributed by atoms with Gasteiger partial charge in [0, 0.05) is 20.0 Å². The number of aldehydes is 1.